The van der Waals surface area contributed by atoms with Crippen molar-refractivity contribution in [1.29, 1.82) is 0 Å². The Morgan fingerprint density at radius 3 is 2.47 bits per heavy atom. The Labute approximate surface area is 101 Å². The number of carbonyl (C=O) groups is 1. The predicted octanol–water partition coefficient (Wildman–Crippen LogP) is 0.672. The molecule has 0 bridgehead atoms. The number of aromatic amines is 1. The third kappa shape index (κ3) is 2.92. The van der Waals surface area contributed by atoms with Gasteiger partial charge in [0.2, 0.25) is 10.0 Å². The lowest BCUT2D eigenvalue weighted by atomic mass is 10.2. The van der Waals surface area contributed by atoms with Crippen LogP contribution in [0.1, 0.15) is 31.7 Å². The average molecular weight is 259 g/mol. The molecule has 0 aliphatic rings. The van der Waals surface area contributed by atoms with Gasteiger partial charge in [-0.2, -0.15) is 5.10 Å². The summed E-state index contributed by atoms with van der Waals surface area (Å²) in [6.07, 6.45) is 0.299. The van der Waals surface area contributed by atoms with E-state index in [1.807, 2.05) is 0 Å². The molecule has 7 heteroatoms. The van der Waals surface area contributed by atoms with Crippen LogP contribution in [0.25, 0.3) is 0 Å². The van der Waals surface area contributed by atoms with E-state index >= 15 is 0 Å². The molecule has 17 heavy (non-hydrogen) atoms. The zero-order valence-electron chi connectivity index (χ0n) is 10.4. The number of aryl methyl sites for hydroxylation is 2. The maximum atomic E-state index is 12.0. The summed E-state index contributed by atoms with van der Waals surface area (Å²) in [5, 5.41) is 6.43. The Morgan fingerprint density at radius 2 is 2.06 bits per heavy atom. The second kappa shape index (κ2) is 4.97. The molecule has 1 atom stereocenters. The smallest absolute Gasteiger partial charge is 0.244 e. The van der Waals surface area contributed by atoms with Gasteiger partial charge in [0, 0.05) is 6.42 Å². The van der Waals surface area contributed by atoms with E-state index in [2.05, 4.69) is 14.9 Å². The Kier molecular flexibility index (Phi) is 4.05. The molecule has 0 saturated heterocycles. The quantitative estimate of drug-likeness (QED) is 0.813. The van der Waals surface area contributed by atoms with Crippen molar-refractivity contribution in [3.63, 3.8) is 0 Å². The van der Waals surface area contributed by atoms with Crippen LogP contribution in [0.3, 0.4) is 0 Å². The van der Waals surface area contributed by atoms with Gasteiger partial charge >= 0.3 is 0 Å². The molecule has 0 amide bonds. The summed E-state index contributed by atoms with van der Waals surface area (Å²) in [5.41, 5.74) is 0.859. The molecule has 1 aromatic heterocycles. The van der Waals surface area contributed by atoms with Gasteiger partial charge < -0.3 is 0 Å². The molecule has 0 spiro atoms. The van der Waals surface area contributed by atoms with Crippen molar-refractivity contribution in [2.45, 2.75) is 45.1 Å². The predicted molar refractivity (Wildman–Crippen MR) is 63.1 cm³/mol. The molecular weight excluding hydrogens is 242 g/mol. The highest BCUT2D eigenvalue weighted by Gasteiger charge is 2.25. The minimum Gasteiger partial charge on any atom is -0.298 e. The van der Waals surface area contributed by atoms with Gasteiger partial charge in [0.05, 0.1) is 17.4 Å². The topological polar surface area (TPSA) is 91.9 Å². The van der Waals surface area contributed by atoms with Gasteiger partial charge in [-0.25, -0.2) is 13.1 Å². The van der Waals surface area contributed by atoms with Crippen LogP contribution in [-0.4, -0.2) is 30.4 Å². The van der Waals surface area contributed by atoms with Crippen molar-refractivity contribution < 1.29 is 13.2 Å². The first-order valence-corrected chi connectivity index (χ1v) is 6.84. The fourth-order valence-corrected chi connectivity index (χ4v) is 3.20. The first-order valence-electron chi connectivity index (χ1n) is 5.36. The van der Waals surface area contributed by atoms with E-state index in [1.54, 1.807) is 20.8 Å². The summed E-state index contributed by atoms with van der Waals surface area (Å²) >= 11 is 0. The van der Waals surface area contributed by atoms with Crippen molar-refractivity contribution >= 4 is 15.8 Å². The number of aromatic nitrogens is 2. The van der Waals surface area contributed by atoms with E-state index in [4.69, 9.17) is 0 Å². The van der Waals surface area contributed by atoms with Gasteiger partial charge in [-0.15, -0.1) is 0 Å². The summed E-state index contributed by atoms with van der Waals surface area (Å²) in [4.78, 5) is 11.5. The molecule has 96 valence electrons. The van der Waals surface area contributed by atoms with E-state index in [9.17, 15) is 13.2 Å². The van der Waals surface area contributed by atoms with E-state index in [1.165, 1.54) is 6.92 Å². The highest BCUT2D eigenvalue weighted by molar-refractivity contribution is 7.89. The maximum absolute atomic E-state index is 12.0. The first-order chi connectivity index (χ1) is 7.79. The highest BCUT2D eigenvalue weighted by Crippen LogP contribution is 2.16. The SMILES string of the molecule is CCC(=O)C(C)NS(=O)(=O)c1c(C)n[nH]c1C. The van der Waals surface area contributed by atoms with E-state index in [0.717, 1.165) is 0 Å². The average Bonchev–Trinajstić information content (AvgIpc) is 2.57. The molecule has 6 nitrogen and oxygen atoms in total. The Morgan fingerprint density at radius 1 is 1.47 bits per heavy atom. The zero-order chi connectivity index (χ0) is 13.2. The van der Waals surface area contributed by atoms with Crippen molar-refractivity contribution in [3.05, 3.63) is 11.4 Å². The molecule has 1 heterocycles. The fraction of sp³-hybridized carbons (Fsp3) is 0.600. The molecule has 0 aliphatic carbocycles. The number of hydrogen-bond acceptors (Lipinski definition) is 4. The standard InChI is InChI=1S/C10H17N3O3S/c1-5-9(14)6(2)13-17(15,16)10-7(3)11-12-8(10)4/h6,13H,5H2,1-4H3,(H,11,12). The molecule has 0 radical (unpaired) electrons. The lowest BCUT2D eigenvalue weighted by Crippen LogP contribution is -2.38. The minimum absolute atomic E-state index is 0.119. The van der Waals surface area contributed by atoms with Gasteiger partial charge in [0.15, 0.2) is 0 Å². The summed E-state index contributed by atoms with van der Waals surface area (Å²) in [6.45, 7) is 6.46. The maximum Gasteiger partial charge on any atom is 0.244 e. The Bertz CT molecular complexity index is 499. The van der Waals surface area contributed by atoms with Crippen molar-refractivity contribution in [2.24, 2.45) is 0 Å². The molecule has 2 N–H and O–H groups in total. The van der Waals surface area contributed by atoms with E-state index in [0.29, 0.717) is 17.8 Å². The highest BCUT2D eigenvalue weighted by atomic mass is 32.2. The second-order valence-corrected chi connectivity index (χ2v) is 5.58. The van der Waals surface area contributed by atoms with Crippen LogP contribution in [0.2, 0.25) is 0 Å². The van der Waals surface area contributed by atoms with Crippen LogP contribution in [-0.2, 0) is 14.8 Å². The minimum atomic E-state index is -3.70. The molecule has 0 aliphatic heterocycles. The molecule has 0 fully saturated rings. The van der Waals surface area contributed by atoms with Gasteiger partial charge in [0.1, 0.15) is 10.7 Å². The summed E-state index contributed by atoms with van der Waals surface area (Å²) in [7, 11) is -3.70. The lowest BCUT2D eigenvalue weighted by Gasteiger charge is -2.12. The summed E-state index contributed by atoms with van der Waals surface area (Å²) in [5.74, 6) is -0.146. The Balaban J connectivity index is 3.02. The van der Waals surface area contributed by atoms with Gasteiger partial charge in [-0.3, -0.25) is 9.89 Å². The monoisotopic (exact) mass is 259 g/mol. The third-order valence-electron chi connectivity index (χ3n) is 2.49. The molecule has 1 rings (SSSR count). The van der Waals surface area contributed by atoms with Crippen LogP contribution in [0.4, 0.5) is 0 Å². The molecule has 0 aromatic carbocycles. The second-order valence-electron chi connectivity index (χ2n) is 3.93. The van der Waals surface area contributed by atoms with E-state index < -0.39 is 16.1 Å². The van der Waals surface area contributed by atoms with Crippen LogP contribution in [0.15, 0.2) is 4.90 Å². The fourth-order valence-electron chi connectivity index (χ4n) is 1.60. The number of rotatable bonds is 5. The van der Waals surface area contributed by atoms with Gasteiger partial charge in [0.25, 0.3) is 0 Å². The first kappa shape index (κ1) is 13.9. The van der Waals surface area contributed by atoms with Gasteiger partial charge in [-0.1, -0.05) is 6.92 Å². The molecular formula is C10H17N3O3S. The van der Waals surface area contributed by atoms with E-state index in [-0.39, 0.29) is 10.7 Å². The van der Waals surface area contributed by atoms with Crippen molar-refractivity contribution in [1.82, 2.24) is 14.9 Å². The van der Waals surface area contributed by atoms with Crippen LogP contribution < -0.4 is 4.72 Å². The summed E-state index contributed by atoms with van der Waals surface area (Å²) < 4.78 is 26.4. The Hall–Kier alpha value is -1.21. The molecule has 1 aromatic rings. The van der Waals surface area contributed by atoms with Crippen LogP contribution >= 0.6 is 0 Å². The molecule has 1 unspecified atom stereocenters. The zero-order valence-corrected chi connectivity index (χ0v) is 11.2. The number of sulfonamides is 1. The van der Waals surface area contributed by atoms with Crippen molar-refractivity contribution in [2.75, 3.05) is 0 Å². The number of hydrogen-bond donors (Lipinski definition) is 2. The number of H-pyrrole nitrogens is 1. The lowest BCUT2D eigenvalue weighted by molar-refractivity contribution is -0.119. The van der Waals surface area contributed by atoms with Crippen molar-refractivity contribution in [3.8, 4) is 0 Å². The number of ketones is 1. The molecule has 0 saturated carbocycles. The largest absolute Gasteiger partial charge is 0.298 e. The third-order valence-corrected chi connectivity index (χ3v) is 4.30. The van der Waals surface area contributed by atoms with Gasteiger partial charge in [-0.05, 0) is 20.8 Å². The summed E-state index contributed by atoms with van der Waals surface area (Å²) in [6, 6.07) is -0.723. The number of carbonyl (C=O) groups excluding carboxylic acids is 1. The number of nitrogens with zero attached hydrogens (tertiary/aromatic N) is 1. The normalized spacial score (nSPS) is 13.6. The number of Topliss-reactive ketones (excluding diaryl/α,β-unsaturated/α-hetero) is 1. The number of nitrogens with one attached hydrogen (secondary N) is 2. The van der Waals surface area contributed by atoms with Crippen LogP contribution in [0, 0.1) is 13.8 Å². The van der Waals surface area contributed by atoms with Crippen LogP contribution in [0.5, 0.6) is 0 Å².